The van der Waals surface area contributed by atoms with E-state index < -0.39 is 7.80 Å². The van der Waals surface area contributed by atoms with Gasteiger partial charge in [-0.2, -0.15) is 0 Å². The molecule has 0 heterocycles. The van der Waals surface area contributed by atoms with Crippen LogP contribution in [0.2, 0.25) is 0 Å². The minimum atomic E-state index is -1.24. The van der Waals surface area contributed by atoms with E-state index in [0.29, 0.717) is 5.92 Å². The average Bonchev–Trinajstić information content (AvgIpc) is 2.16. The summed E-state index contributed by atoms with van der Waals surface area (Å²) in [4.78, 5) is 0. The number of benzene rings is 1. The summed E-state index contributed by atoms with van der Waals surface area (Å²) in [5.74, 6) is 0.448. The first-order valence-electron chi connectivity index (χ1n) is 5.09. The highest BCUT2D eigenvalue weighted by molar-refractivity contribution is 7.54. The van der Waals surface area contributed by atoms with E-state index >= 15 is 0 Å². The van der Waals surface area contributed by atoms with Crippen LogP contribution in [0.3, 0.4) is 0 Å². The van der Waals surface area contributed by atoms with Crippen molar-refractivity contribution in [2.75, 3.05) is 0 Å². The molecule has 0 saturated heterocycles. The Morgan fingerprint density at radius 1 is 1.07 bits per heavy atom. The van der Waals surface area contributed by atoms with Gasteiger partial charge < -0.3 is 0 Å². The summed E-state index contributed by atoms with van der Waals surface area (Å²) in [5.41, 5.74) is 1.45. The van der Waals surface area contributed by atoms with Crippen LogP contribution in [-0.2, 0) is 4.57 Å². The van der Waals surface area contributed by atoms with Crippen molar-refractivity contribution in [3.05, 3.63) is 29.8 Å². The predicted octanol–water partition coefficient (Wildman–Crippen LogP) is 3.67. The van der Waals surface area contributed by atoms with Gasteiger partial charge in [0.05, 0.1) is 0 Å². The first kappa shape index (κ1) is 11.4. The molecule has 0 N–H and O–H groups in total. The van der Waals surface area contributed by atoms with E-state index in [2.05, 4.69) is 19.9 Å². The van der Waals surface area contributed by atoms with Crippen molar-refractivity contribution >= 4 is 13.1 Å². The Bertz CT molecular complexity index is 329. The highest BCUT2D eigenvalue weighted by Gasteiger charge is 2.27. The third kappa shape index (κ3) is 2.42. The van der Waals surface area contributed by atoms with Crippen molar-refractivity contribution in [2.45, 2.75) is 39.3 Å². The minimum absolute atomic E-state index is 0.227. The number of hydrogen-bond acceptors (Lipinski definition) is 1. The second-order valence-corrected chi connectivity index (χ2v) is 6.30. The van der Waals surface area contributed by atoms with Gasteiger partial charge in [-0.1, -0.05) is 36.6 Å². The van der Waals surface area contributed by atoms with Crippen molar-refractivity contribution in [2.24, 2.45) is 0 Å². The molecule has 1 aromatic carbocycles. The van der Waals surface area contributed by atoms with Gasteiger partial charge in [0, 0.05) is 5.56 Å². The molecular weight excluding hydrogens is 191 g/mol. The lowest BCUT2D eigenvalue weighted by molar-refractivity contribution is 0.588. The van der Waals surface area contributed by atoms with Crippen molar-refractivity contribution in [3.8, 4) is 0 Å². The summed E-state index contributed by atoms with van der Waals surface area (Å²) in [6, 6.07) is 8.06. The zero-order valence-corrected chi connectivity index (χ0v) is 10.2. The molecule has 1 unspecified atom stereocenters. The standard InChI is InChI=1S/C12H18OP/c1-9(2)11-7-5-6-8-12(11)14(13)10(3)4/h5-10H,1-4H3/q+1. The van der Waals surface area contributed by atoms with Gasteiger partial charge in [0.25, 0.3) is 0 Å². The Morgan fingerprint density at radius 2 is 1.64 bits per heavy atom. The lowest BCUT2D eigenvalue weighted by Crippen LogP contribution is -2.10. The normalized spacial score (nSPS) is 12.3. The molecule has 0 saturated carbocycles. The monoisotopic (exact) mass is 209 g/mol. The van der Waals surface area contributed by atoms with E-state index in [-0.39, 0.29) is 5.66 Å². The van der Waals surface area contributed by atoms with E-state index in [4.69, 9.17) is 0 Å². The Kier molecular flexibility index (Phi) is 3.83. The van der Waals surface area contributed by atoms with Crippen molar-refractivity contribution in [1.82, 2.24) is 0 Å². The van der Waals surface area contributed by atoms with Crippen LogP contribution >= 0.6 is 7.80 Å². The van der Waals surface area contributed by atoms with Gasteiger partial charge in [-0.25, -0.2) is 0 Å². The summed E-state index contributed by atoms with van der Waals surface area (Å²) in [6.07, 6.45) is 0. The van der Waals surface area contributed by atoms with Gasteiger partial charge in [0.1, 0.15) is 0 Å². The van der Waals surface area contributed by atoms with Gasteiger partial charge >= 0.3 is 7.80 Å². The molecule has 14 heavy (non-hydrogen) atoms. The van der Waals surface area contributed by atoms with Gasteiger partial charge in [-0.05, 0) is 25.8 Å². The van der Waals surface area contributed by atoms with Crippen molar-refractivity contribution in [3.63, 3.8) is 0 Å². The largest absolute Gasteiger partial charge is 0.379 e. The summed E-state index contributed by atoms with van der Waals surface area (Å²) in [6.45, 7) is 8.30. The molecule has 0 aliphatic heterocycles. The molecule has 0 aromatic heterocycles. The van der Waals surface area contributed by atoms with Gasteiger partial charge in [-0.3, -0.25) is 0 Å². The lowest BCUT2D eigenvalue weighted by atomic mass is 10.0. The van der Waals surface area contributed by atoms with Crippen molar-refractivity contribution < 1.29 is 4.57 Å². The molecule has 0 aliphatic carbocycles. The Hall–Kier alpha value is -0.680. The molecule has 1 rings (SSSR count). The third-order valence-corrected chi connectivity index (χ3v) is 4.09. The molecule has 1 aromatic rings. The maximum Gasteiger partial charge on any atom is 0.379 e. The Balaban J connectivity index is 3.13. The van der Waals surface area contributed by atoms with Crippen LogP contribution in [0.5, 0.6) is 0 Å². The van der Waals surface area contributed by atoms with Crippen LogP contribution in [0, 0.1) is 0 Å². The molecule has 1 nitrogen and oxygen atoms in total. The van der Waals surface area contributed by atoms with Gasteiger partial charge in [-0.15, -0.1) is 0 Å². The highest BCUT2D eigenvalue weighted by atomic mass is 31.1. The molecule has 0 spiro atoms. The molecule has 0 radical (unpaired) electrons. The van der Waals surface area contributed by atoms with E-state index in [9.17, 15) is 4.57 Å². The maximum absolute atomic E-state index is 12.0. The van der Waals surface area contributed by atoms with Crippen LogP contribution < -0.4 is 5.30 Å². The fraction of sp³-hybridized carbons (Fsp3) is 0.500. The first-order chi connectivity index (χ1) is 6.54. The maximum atomic E-state index is 12.0. The van der Waals surface area contributed by atoms with Crippen LogP contribution in [0.25, 0.3) is 0 Å². The van der Waals surface area contributed by atoms with Gasteiger partial charge in [0.15, 0.2) is 11.0 Å². The molecule has 76 valence electrons. The quantitative estimate of drug-likeness (QED) is 0.694. The fourth-order valence-corrected chi connectivity index (χ4v) is 2.83. The Morgan fingerprint density at radius 3 is 2.14 bits per heavy atom. The van der Waals surface area contributed by atoms with Crippen LogP contribution in [-0.4, -0.2) is 5.66 Å². The molecule has 0 bridgehead atoms. The fourth-order valence-electron chi connectivity index (χ4n) is 1.45. The van der Waals surface area contributed by atoms with E-state index in [1.807, 2.05) is 32.0 Å². The minimum Gasteiger partial charge on any atom is -0.0678 e. The highest BCUT2D eigenvalue weighted by Crippen LogP contribution is 2.30. The van der Waals surface area contributed by atoms with Crippen molar-refractivity contribution in [1.29, 1.82) is 0 Å². The summed E-state index contributed by atoms with van der Waals surface area (Å²) < 4.78 is 12.0. The molecule has 1 atom stereocenters. The lowest BCUT2D eigenvalue weighted by Gasteiger charge is -2.05. The summed E-state index contributed by atoms with van der Waals surface area (Å²) >= 11 is 0. The smallest absolute Gasteiger partial charge is 0.0678 e. The number of rotatable bonds is 3. The topological polar surface area (TPSA) is 17.1 Å². The zero-order chi connectivity index (χ0) is 10.7. The molecule has 0 fully saturated rings. The second-order valence-electron chi connectivity index (χ2n) is 4.13. The first-order valence-corrected chi connectivity index (χ1v) is 6.42. The van der Waals surface area contributed by atoms with E-state index in [1.54, 1.807) is 0 Å². The van der Waals surface area contributed by atoms with Crippen LogP contribution in [0.15, 0.2) is 24.3 Å². The zero-order valence-electron chi connectivity index (χ0n) is 9.32. The van der Waals surface area contributed by atoms with E-state index in [0.717, 1.165) is 5.30 Å². The van der Waals surface area contributed by atoms with E-state index in [1.165, 1.54) is 5.56 Å². The average molecular weight is 209 g/mol. The molecule has 0 aliphatic rings. The summed E-state index contributed by atoms with van der Waals surface area (Å²) in [7, 11) is -1.24. The molecular formula is C12H18OP+. The van der Waals surface area contributed by atoms with Gasteiger partial charge in [0.2, 0.25) is 0 Å². The molecule has 0 amide bonds. The summed E-state index contributed by atoms with van der Waals surface area (Å²) in [5, 5.41) is 1.03. The third-order valence-electron chi connectivity index (χ3n) is 2.27. The SMILES string of the molecule is CC(C)c1ccccc1[P+](=O)C(C)C. The predicted molar refractivity (Wildman–Crippen MR) is 62.9 cm³/mol. The second kappa shape index (κ2) is 4.70. The Labute approximate surface area is 87.3 Å². The van der Waals surface area contributed by atoms with Crippen LogP contribution in [0.4, 0.5) is 0 Å². The van der Waals surface area contributed by atoms with Crippen LogP contribution in [0.1, 0.15) is 39.2 Å². The molecule has 2 heteroatoms. The number of hydrogen-bond donors (Lipinski definition) is 0.